The van der Waals surface area contributed by atoms with Crippen LogP contribution in [0.1, 0.15) is 51.4 Å². The second-order valence-electron chi connectivity index (χ2n) is 5.90. The first-order valence-corrected chi connectivity index (χ1v) is 7.03. The van der Waals surface area contributed by atoms with Crippen LogP contribution in [0.25, 0.3) is 0 Å². The van der Waals surface area contributed by atoms with Gasteiger partial charge in [0.2, 0.25) is 0 Å². The Hall–Kier alpha value is -0.450. The molecule has 1 heterocycles. The number of thiazole rings is 1. The van der Waals surface area contributed by atoms with Crippen molar-refractivity contribution in [3.05, 3.63) is 16.1 Å². The van der Waals surface area contributed by atoms with Gasteiger partial charge in [-0.2, -0.15) is 0 Å². The summed E-state index contributed by atoms with van der Waals surface area (Å²) < 4.78 is 0. The van der Waals surface area contributed by atoms with E-state index in [4.69, 9.17) is 0 Å². The SMILES string of the molecule is CC(C)CNCC(O)c1csc(C(C)(C)C)n1. The van der Waals surface area contributed by atoms with Crippen molar-refractivity contribution in [3.63, 3.8) is 0 Å². The molecule has 0 aliphatic heterocycles. The third-order valence-corrected chi connectivity index (χ3v) is 3.68. The molecule has 1 unspecified atom stereocenters. The Bertz CT molecular complexity index is 341. The lowest BCUT2D eigenvalue weighted by molar-refractivity contribution is 0.169. The Morgan fingerprint density at radius 1 is 1.35 bits per heavy atom. The van der Waals surface area contributed by atoms with E-state index in [0.29, 0.717) is 12.5 Å². The Kier molecular flexibility index (Phi) is 5.10. The van der Waals surface area contributed by atoms with Gasteiger partial charge in [0, 0.05) is 17.3 Å². The maximum absolute atomic E-state index is 9.99. The van der Waals surface area contributed by atoms with E-state index in [-0.39, 0.29) is 5.41 Å². The highest BCUT2D eigenvalue weighted by Gasteiger charge is 2.20. The van der Waals surface area contributed by atoms with E-state index in [0.717, 1.165) is 17.2 Å². The molecule has 1 rings (SSSR count). The lowest BCUT2D eigenvalue weighted by Crippen LogP contribution is -2.25. The molecule has 0 amide bonds. The minimum absolute atomic E-state index is 0.0635. The van der Waals surface area contributed by atoms with Gasteiger partial charge in [-0.15, -0.1) is 11.3 Å². The fourth-order valence-electron chi connectivity index (χ4n) is 1.40. The van der Waals surface area contributed by atoms with Crippen LogP contribution in [0.2, 0.25) is 0 Å². The number of nitrogens with one attached hydrogen (secondary N) is 1. The minimum Gasteiger partial charge on any atom is -0.385 e. The number of hydrogen-bond acceptors (Lipinski definition) is 4. The summed E-state index contributed by atoms with van der Waals surface area (Å²) in [4.78, 5) is 4.51. The van der Waals surface area contributed by atoms with Crippen LogP contribution in [0.15, 0.2) is 5.38 Å². The number of nitrogens with zero attached hydrogens (tertiary/aromatic N) is 1. The van der Waals surface area contributed by atoms with Crippen molar-refractivity contribution in [2.75, 3.05) is 13.1 Å². The summed E-state index contributed by atoms with van der Waals surface area (Å²) in [6, 6.07) is 0. The number of hydrogen-bond donors (Lipinski definition) is 2. The normalized spacial score (nSPS) is 14.3. The van der Waals surface area contributed by atoms with E-state index in [9.17, 15) is 5.11 Å². The highest BCUT2D eigenvalue weighted by Crippen LogP contribution is 2.27. The van der Waals surface area contributed by atoms with Gasteiger partial charge in [0.1, 0.15) is 6.10 Å². The molecule has 0 aromatic carbocycles. The monoisotopic (exact) mass is 256 g/mol. The highest BCUT2D eigenvalue weighted by molar-refractivity contribution is 7.09. The summed E-state index contributed by atoms with van der Waals surface area (Å²) >= 11 is 1.63. The predicted octanol–water partition coefficient (Wildman–Crippen LogP) is 2.72. The predicted molar refractivity (Wildman–Crippen MR) is 73.5 cm³/mol. The first kappa shape index (κ1) is 14.6. The zero-order chi connectivity index (χ0) is 13.1. The van der Waals surface area contributed by atoms with Crippen molar-refractivity contribution in [2.45, 2.75) is 46.1 Å². The summed E-state index contributed by atoms with van der Waals surface area (Å²) in [5, 5.41) is 16.3. The lowest BCUT2D eigenvalue weighted by atomic mass is 9.98. The summed E-state index contributed by atoms with van der Waals surface area (Å²) in [7, 11) is 0. The van der Waals surface area contributed by atoms with Gasteiger partial charge in [0.15, 0.2) is 0 Å². The maximum atomic E-state index is 9.99. The zero-order valence-electron chi connectivity index (χ0n) is 11.4. The lowest BCUT2D eigenvalue weighted by Gasteiger charge is -2.14. The van der Waals surface area contributed by atoms with Crippen LogP contribution in [-0.2, 0) is 5.41 Å². The van der Waals surface area contributed by atoms with Crippen molar-refractivity contribution in [3.8, 4) is 0 Å². The molecule has 0 saturated heterocycles. The van der Waals surface area contributed by atoms with E-state index < -0.39 is 6.10 Å². The topological polar surface area (TPSA) is 45.1 Å². The standard InChI is InChI=1S/C13H24N2OS/c1-9(2)6-14-7-11(16)10-8-17-12(15-10)13(3,4)5/h8-9,11,14,16H,6-7H2,1-5H3. The molecule has 0 spiro atoms. The van der Waals surface area contributed by atoms with Crippen LogP contribution in [0.4, 0.5) is 0 Å². The van der Waals surface area contributed by atoms with Gasteiger partial charge >= 0.3 is 0 Å². The molecule has 1 aromatic heterocycles. The molecule has 4 heteroatoms. The smallest absolute Gasteiger partial charge is 0.109 e. The number of aliphatic hydroxyl groups is 1. The van der Waals surface area contributed by atoms with Crippen LogP contribution in [0, 0.1) is 5.92 Å². The molecular formula is C13H24N2OS. The van der Waals surface area contributed by atoms with Gasteiger partial charge in [-0.25, -0.2) is 4.98 Å². The molecule has 17 heavy (non-hydrogen) atoms. The molecule has 1 atom stereocenters. The maximum Gasteiger partial charge on any atom is 0.109 e. The van der Waals surface area contributed by atoms with Crippen molar-refractivity contribution >= 4 is 11.3 Å². The van der Waals surface area contributed by atoms with Gasteiger partial charge in [0.25, 0.3) is 0 Å². The number of rotatable bonds is 5. The van der Waals surface area contributed by atoms with Crippen molar-refractivity contribution < 1.29 is 5.11 Å². The van der Waals surface area contributed by atoms with Gasteiger partial charge in [-0.05, 0) is 12.5 Å². The van der Waals surface area contributed by atoms with Crippen LogP contribution in [0.3, 0.4) is 0 Å². The third kappa shape index (κ3) is 4.74. The molecule has 98 valence electrons. The number of aliphatic hydroxyl groups excluding tert-OH is 1. The van der Waals surface area contributed by atoms with E-state index in [1.165, 1.54) is 0 Å². The molecule has 0 fully saturated rings. The van der Waals surface area contributed by atoms with E-state index in [1.54, 1.807) is 11.3 Å². The largest absolute Gasteiger partial charge is 0.385 e. The molecule has 0 radical (unpaired) electrons. The van der Waals surface area contributed by atoms with Crippen molar-refractivity contribution in [1.82, 2.24) is 10.3 Å². The molecule has 0 aliphatic rings. The fraction of sp³-hybridized carbons (Fsp3) is 0.769. The summed E-state index contributed by atoms with van der Waals surface area (Å²) in [5.41, 5.74) is 0.852. The fourth-order valence-corrected chi connectivity index (χ4v) is 2.35. The van der Waals surface area contributed by atoms with E-state index in [1.807, 2.05) is 5.38 Å². The van der Waals surface area contributed by atoms with Crippen LogP contribution < -0.4 is 5.32 Å². The summed E-state index contributed by atoms with van der Waals surface area (Å²) in [5.74, 6) is 0.600. The zero-order valence-corrected chi connectivity index (χ0v) is 12.3. The Balaban J connectivity index is 2.52. The molecule has 1 aromatic rings. The average Bonchev–Trinajstić information content (AvgIpc) is 2.64. The molecular weight excluding hydrogens is 232 g/mol. The first-order valence-electron chi connectivity index (χ1n) is 6.15. The molecule has 2 N–H and O–H groups in total. The molecule has 3 nitrogen and oxygen atoms in total. The van der Waals surface area contributed by atoms with Crippen molar-refractivity contribution in [1.29, 1.82) is 0 Å². The summed E-state index contributed by atoms with van der Waals surface area (Å²) in [6.45, 7) is 12.2. The average molecular weight is 256 g/mol. The van der Waals surface area contributed by atoms with E-state index >= 15 is 0 Å². The molecule has 0 saturated carbocycles. The molecule has 0 aliphatic carbocycles. The Morgan fingerprint density at radius 2 is 2.00 bits per heavy atom. The first-order chi connectivity index (χ1) is 7.80. The highest BCUT2D eigenvalue weighted by atomic mass is 32.1. The number of aromatic nitrogens is 1. The van der Waals surface area contributed by atoms with E-state index in [2.05, 4.69) is 44.9 Å². The van der Waals surface area contributed by atoms with Crippen LogP contribution in [-0.4, -0.2) is 23.2 Å². The quantitative estimate of drug-likeness (QED) is 0.851. The van der Waals surface area contributed by atoms with Crippen molar-refractivity contribution in [2.24, 2.45) is 5.92 Å². The second kappa shape index (κ2) is 5.94. The van der Waals surface area contributed by atoms with Crippen LogP contribution >= 0.6 is 11.3 Å². The van der Waals surface area contributed by atoms with Gasteiger partial charge in [0.05, 0.1) is 10.7 Å². The summed E-state index contributed by atoms with van der Waals surface area (Å²) in [6.07, 6.45) is -0.499. The Morgan fingerprint density at radius 3 is 2.47 bits per heavy atom. The Labute approximate surface area is 108 Å². The third-order valence-electron chi connectivity index (χ3n) is 2.40. The molecule has 0 bridgehead atoms. The minimum atomic E-state index is -0.499. The van der Waals surface area contributed by atoms with Gasteiger partial charge in [-0.1, -0.05) is 34.6 Å². The van der Waals surface area contributed by atoms with Crippen LogP contribution in [0.5, 0.6) is 0 Å². The second-order valence-corrected chi connectivity index (χ2v) is 6.75. The van der Waals surface area contributed by atoms with Gasteiger partial charge < -0.3 is 10.4 Å². The van der Waals surface area contributed by atoms with Gasteiger partial charge in [-0.3, -0.25) is 0 Å².